The molecule has 2 N–H and O–H groups in total. The Bertz CT molecular complexity index is 396. The Balaban J connectivity index is 2.49. The van der Waals surface area contributed by atoms with Gasteiger partial charge in [0.25, 0.3) is 0 Å². The maximum atomic E-state index is 10.7. The summed E-state index contributed by atoms with van der Waals surface area (Å²) in [5, 5.41) is 7.34. The van der Waals surface area contributed by atoms with E-state index < -0.39 is 0 Å². The van der Waals surface area contributed by atoms with Crippen LogP contribution in [0.15, 0.2) is 18.2 Å². The fourth-order valence-electron chi connectivity index (χ4n) is 1.48. The molecule has 1 amide bonds. The molecule has 1 aromatic rings. The van der Waals surface area contributed by atoms with Crippen LogP contribution in [0.4, 0.5) is 0 Å². The molecule has 3 nitrogen and oxygen atoms in total. The van der Waals surface area contributed by atoms with Gasteiger partial charge in [-0.1, -0.05) is 23.2 Å². The van der Waals surface area contributed by atoms with Gasteiger partial charge in [-0.2, -0.15) is 0 Å². The average molecular weight is 275 g/mol. The van der Waals surface area contributed by atoms with Gasteiger partial charge in [-0.05, 0) is 30.7 Å². The average Bonchev–Trinajstić information content (AvgIpc) is 2.27. The highest BCUT2D eigenvalue weighted by Gasteiger charge is 2.09. The number of carbonyl (C=O) groups excluding carboxylic acids is 1. The fraction of sp³-hybridized carbons (Fsp3) is 0.417. The van der Waals surface area contributed by atoms with Crippen LogP contribution < -0.4 is 10.6 Å². The van der Waals surface area contributed by atoms with E-state index in [4.69, 9.17) is 23.2 Å². The van der Waals surface area contributed by atoms with Gasteiger partial charge in [0.05, 0.1) is 0 Å². The number of carbonyl (C=O) groups is 1. The van der Waals surface area contributed by atoms with Crippen LogP contribution in [0.1, 0.15) is 25.5 Å². The number of amides is 1. The van der Waals surface area contributed by atoms with Crippen molar-refractivity contribution >= 4 is 29.1 Å². The molecule has 0 aliphatic heterocycles. The van der Waals surface area contributed by atoms with E-state index in [0.29, 0.717) is 23.1 Å². The van der Waals surface area contributed by atoms with Crippen molar-refractivity contribution in [1.29, 1.82) is 0 Å². The van der Waals surface area contributed by atoms with Gasteiger partial charge in [0.1, 0.15) is 0 Å². The van der Waals surface area contributed by atoms with Gasteiger partial charge < -0.3 is 10.6 Å². The molecule has 0 fully saturated rings. The first-order chi connectivity index (χ1) is 8.00. The number of benzene rings is 1. The molecule has 1 atom stereocenters. The van der Waals surface area contributed by atoms with E-state index >= 15 is 0 Å². The highest BCUT2D eigenvalue weighted by atomic mass is 35.5. The molecule has 0 aliphatic rings. The van der Waals surface area contributed by atoms with Crippen LogP contribution >= 0.6 is 23.2 Å². The predicted molar refractivity (Wildman–Crippen MR) is 71.6 cm³/mol. The lowest BCUT2D eigenvalue weighted by Gasteiger charge is -2.16. The van der Waals surface area contributed by atoms with E-state index in [9.17, 15) is 4.79 Å². The first-order valence-corrected chi connectivity index (χ1v) is 6.19. The number of rotatable bonds is 5. The second-order valence-electron chi connectivity index (χ2n) is 3.82. The molecule has 5 heteroatoms. The van der Waals surface area contributed by atoms with E-state index in [-0.39, 0.29) is 11.9 Å². The van der Waals surface area contributed by atoms with Crippen molar-refractivity contribution in [2.45, 2.75) is 19.9 Å². The molecular formula is C12H16Cl2N2O. The van der Waals surface area contributed by atoms with Crippen LogP contribution in [0.25, 0.3) is 0 Å². The number of nitrogens with one attached hydrogen (secondary N) is 2. The largest absolute Gasteiger partial charge is 0.355 e. The van der Waals surface area contributed by atoms with Crippen LogP contribution in [0.2, 0.25) is 10.0 Å². The van der Waals surface area contributed by atoms with Crippen molar-refractivity contribution in [1.82, 2.24) is 10.6 Å². The Morgan fingerprint density at radius 3 is 2.71 bits per heavy atom. The quantitative estimate of drug-likeness (QED) is 0.811. The highest BCUT2D eigenvalue weighted by molar-refractivity contribution is 6.33. The van der Waals surface area contributed by atoms with Crippen LogP contribution in [0, 0.1) is 0 Å². The molecule has 0 aromatic heterocycles. The Morgan fingerprint density at radius 1 is 1.35 bits per heavy atom. The van der Waals surface area contributed by atoms with Crippen molar-refractivity contribution in [2.24, 2.45) is 0 Å². The molecule has 0 saturated carbocycles. The van der Waals surface area contributed by atoms with Gasteiger partial charge in [-0.15, -0.1) is 0 Å². The van der Waals surface area contributed by atoms with Crippen LogP contribution in [-0.4, -0.2) is 19.0 Å². The zero-order valence-corrected chi connectivity index (χ0v) is 11.4. The zero-order valence-electron chi connectivity index (χ0n) is 9.89. The van der Waals surface area contributed by atoms with Crippen molar-refractivity contribution in [3.63, 3.8) is 0 Å². The first kappa shape index (κ1) is 14.3. The second-order valence-corrected chi connectivity index (χ2v) is 4.67. The minimum absolute atomic E-state index is 0.0276. The maximum Gasteiger partial charge on any atom is 0.216 e. The van der Waals surface area contributed by atoms with E-state index in [1.165, 1.54) is 6.92 Å². The molecule has 0 aliphatic carbocycles. The lowest BCUT2D eigenvalue weighted by atomic mass is 10.1. The third-order valence-electron chi connectivity index (χ3n) is 2.37. The monoisotopic (exact) mass is 274 g/mol. The molecule has 0 saturated heterocycles. The Labute approximate surface area is 111 Å². The SMILES string of the molecule is CC(=O)NCCNC(C)c1cc(Cl)ccc1Cl. The molecule has 0 heterocycles. The summed E-state index contributed by atoms with van der Waals surface area (Å²) in [6.45, 7) is 4.78. The molecular weight excluding hydrogens is 259 g/mol. The fourth-order valence-corrected chi connectivity index (χ4v) is 1.95. The Morgan fingerprint density at radius 2 is 2.06 bits per heavy atom. The number of hydrogen-bond donors (Lipinski definition) is 2. The number of hydrogen-bond acceptors (Lipinski definition) is 2. The predicted octanol–water partition coefficient (Wildman–Crippen LogP) is 2.78. The van der Waals surface area contributed by atoms with Crippen molar-refractivity contribution < 1.29 is 4.79 Å². The molecule has 1 unspecified atom stereocenters. The Hall–Kier alpha value is -0.770. The van der Waals surface area contributed by atoms with Gasteiger partial charge >= 0.3 is 0 Å². The molecule has 0 spiro atoms. The van der Waals surface area contributed by atoms with E-state index in [1.807, 2.05) is 13.0 Å². The highest BCUT2D eigenvalue weighted by Crippen LogP contribution is 2.25. The number of halogens is 2. The maximum absolute atomic E-state index is 10.7. The van der Waals surface area contributed by atoms with Gasteiger partial charge in [0, 0.05) is 36.1 Å². The first-order valence-electron chi connectivity index (χ1n) is 5.43. The minimum atomic E-state index is -0.0276. The summed E-state index contributed by atoms with van der Waals surface area (Å²) in [5.41, 5.74) is 0.960. The minimum Gasteiger partial charge on any atom is -0.355 e. The van der Waals surface area contributed by atoms with Crippen molar-refractivity contribution in [3.05, 3.63) is 33.8 Å². The topological polar surface area (TPSA) is 41.1 Å². The molecule has 1 aromatic carbocycles. The standard InChI is InChI=1S/C12H16Cl2N2O/c1-8(15-5-6-16-9(2)17)11-7-10(13)3-4-12(11)14/h3-4,7-8,15H,5-6H2,1-2H3,(H,16,17). The smallest absolute Gasteiger partial charge is 0.216 e. The van der Waals surface area contributed by atoms with Crippen LogP contribution in [-0.2, 0) is 4.79 Å². The third kappa shape index (κ3) is 4.94. The van der Waals surface area contributed by atoms with E-state index in [0.717, 1.165) is 5.56 Å². The van der Waals surface area contributed by atoms with Crippen molar-refractivity contribution in [2.75, 3.05) is 13.1 Å². The van der Waals surface area contributed by atoms with Gasteiger partial charge in [-0.3, -0.25) is 4.79 Å². The zero-order chi connectivity index (χ0) is 12.8. The van der Waals surface area contributed by atoms with Gasteiger partial charge in [-0.25, -0.2) is 0 Å². The van der Waals surface area contributed by atoms with E-state index in [2.05, 4.69) is 10.6 Å². The van der Waals surface area contributed by atoms with Crippen molar-refractivity contribution in [3.8, 4) is 0 Å². The molecule has 0 bridgehead atoms. The van der Waals surface area contributed by atoms with Crippen LogP contribution in [0.3, 0.4) is 0 Å². The summed E-state index contributed by atoms with van der Waals surface area (Å²) in [6.07, 6.45) is 0. The Kier molecular flexibility index (Phi) is 5.75. The summed E-state index contributed by atoms with van der Waals surface area (Å²) >= 11 is 12.0. The van der Waals surface area contributed by atoms with Gasteiger partial charge in [0.15, 0.2) is 0 Å². The summed E-state index contributed by atoms with van der Waals surface area (Å²) in [4.78, 5) is 10.7. The summed E-state index contributed by atoms with van der Waals surface area (Å²) in [5.74, 6) is -0.0276. The molecule has 94 valence electrons. The summed E-state index contributed by atoms with van der Waals surface area (Å²) in [6, 6.07) is 5.48. The lowest BCUT2D eigenvalue weighted by molar-refractivity contribution is -0.118. The van der Waals surface area contributed by atoms with E-state index in [1.54, 1.807) is 12.1 Å². The third-order valence-corrected chi connectivity index (χ3v) is 2.95. The molecule has 17 heavy (non-hydrogen) atoms. The summed E-state index contributed by atoms with van der Waals surface area (Å²) < 4.78 is 0. The normalized spacial score (nSPS) is 12.2. The molecule has 1 rings (SSSR count). The van der Waals surface area contributed by atoms with Crippen LogP contribution in [0.5, 0.6) is 0 Å². The summed E-state index contributed by atoms with van der Waals surface area (Å²) in [7, 11) is 0. The molecule has 0 radical (unpaired) electrons. The van der Waals surface area contributed by atoms with Gasteiger partial charge in [0.2, 0.25) is 5.91 Å². The second kappa shape index (κ2) is 6.84. The lowest BCUT2D eigenvalue weighted by Crippen LogP contribution is -2.31.